The second kappa shape index (κ2) is 3.24. The molecular formula is C6H12N2. The Morgan fingerprint density at radius 2 is 2.25 bits per heavy atom. The number of hydrogen-bond acceptors (Lipinski definition) is 2. The van der Waals surface area contributed by atoms with E-state index in [9.17, 15) is 0 Å². The molecule has 0 aromatic rings. The number of rotatable bonds is 2. The van der Waals surface area contributed by atoms with E-state index in [0.717, 1.165) is 12.3 Å². The van der Waals surface area contributed by atoms with Crippen LogP contribution in [0.5, 0.6) is 0 Å². The molecule has 0 fully saturated rings. The molecule has 0 unspecified atom stereocenters. The topological polar surface area (TPSA) is 38.4 Å². The maximum Gasteiger partial charge on any atom is 0.0540 e. The average Bonchev–Trinajstić information content (AvgIpc) is 1.67. The fourth-order valence-corrected chi connectivity index (χ4v) is 0.339. The second-order valence-corrected chi connectivity index (χ2v) is 1.58. The summed E-state index contributed by atoms with van der Waals surface area (Å²) in [5, 5.41) is 0. The summed E-state index contributed by atoms with van der Waals surface area (Å²) in [4.78, 5) is 4.02. The monoisotopic (exact) mass is 112 g/mol. The summed E-state index contributed by atoms with van der Waals surface area (Å²) in [7, 11) is 0. The van der Waals surface area contributed by atoms with Gasteiger partial charge in [-0.15, -0.1) is 0 Å². The van der Waals surface area contributed by atoms with Gasteiger partial charge in [0.05, 0.1) is 5.71 Å². The van der Waals surface area contributed by atoms with E-state index in [1.807, 2.05) is 13.8 Å². The summed E-state index contributed by atoms with van der Waals surface area (Å²) in [6, 6.07) is 0. The van der Waals surface area contributed by atoms with Crippen LogP contribution in [0.15, 0.2) is 17.3 Å². The van der Waals surface area contributed by atoms with Crippen molar-refractivity contribution in [2.45, 2.75) is 13.8 Å². The van der Waals surface area contributed by atoms with Crippen molar-refractivity contribution in [1.82, 2.24) is 0 Å². The molecule has 0 aromatic heterocycles. The molecule has 0 saturated carbocycles. The zero-order chi connectivity index (χ0) is 6.57. The molecule has 0 rings (SSSR count). The molecule has 0 aromatic carbocycles. The Bertz CT molecular complexity index is 114. The van der Waals surface area contributed by atoms with Gasteiger partial charge in [0.15, 0.2) is 0 Å². The summed E-state index contributed by atoms with van der Waals surface area (Å²) < 4.78 is 0. The van der Waals surface area contributed by atoms with Crippen LogP contribution in [-0.2, 0) is 0 Å². The lowest BCUT2D eigenvalue weighted by molar-refractivity contribution is 1.12. The molecule has 0 amide bonds. The summed E-state index contributed by atoms with van der Waals surface area (Å²) in [6.07, 6.45) is 0. The smallest absolute Gasteiger partial charge is 0.0540 e. The molecule has 0 saturated heterocycles. The Kier molecular flexibility index (Phi) is 2.92. The first-order valence-electron chi connectivity index (χ1n) is 2.64. The highest BCUT2D eigenvalue weighted by molar-refractivity contribution is 5.96. The Labute approximate surface area is 50.1 Å². The predicted octanol–water partition coefficient (Wildman–Crippen LogP) is 0.940. The highest BCUT2D eigenvalue weighted by atomic mass is 14.8. The van der Waals surface area contributed by atoms with Gasteiger partial charge in [-0.05, 0) is 13.8 Å². The molecular weight excluding hydrogens is 100 g/mol. The first-order chi connectivity index (χ1) is 3.68. The standard InChI is InChI=1S/C6H12N2/c1-4-8-6(3)5(2)7/h2,4,7H2,1,3H3/b8-6-. The highest BCUT2D eigenvalue weighted by Crippen LogP contribution is 1.83. The first-order valence-corrected chi connectivity index (χ1v) is 2.64. The predicted molar refractivity (Wildman–Crippen MR) is 37.0 cm³/mol. The Balaban J connectivity index is 3.80. The molecule has 2 N–H and O–H groups in total. The summed E-state index contributed by atoms with van der Waals surface area (Å²) in [5.41, 5.74) is 6.70. The summed E-state index contributed by atoms with van der Waals surface area (Å²) in [6.45, 7) is 8.12. The van der Waals surface area contributed by atoms with Crippen LogP contribution in [0.3, 0.4) is 0 Å². The van der Waals surface area contributed by atoms with Crippen LogP contribution in [0.2, 0.25) is 0 Å². The minimum atomic E-state index is 0.562. The van der Waals surface area contributed by atoms with Crippen LogP contribution in [0, 0.1) is 0 Å². The van der Waals surface area contributed by atoms with Gasteiger partial charge in [0.2, 0.25) is 0 Å². The van der Waals surface area contributed by atoms with E-state index in [-0.39, 0.29) is 0 Å². The van der Waals surface area contributed by atoms with Gasteiger partial charge in [-0.25, -0.2) is 0 Å². The largest absolute Gasteiger partial charge is 0.398 e. The summed E-state index contributed by atoms with van der Waals surface area (Å²) >= 11 is 0. The van der Waals surface area contributed by atoms with Gasteiger partial charge in [-0.3, -0.25) is 4.99 Å². The van der Waals surface area contributed by atoms with Crippen LogP contribution in [0.1, 0.15) is 13.8 Å². The van der Waals surface area contributed by atoms with Gasteiger partial charge in [-0.1, -0.05) is 6.58 Å². The maximum absolute atomic E-state index is 5.30. The number of aliphatic imine (C=N–C) groups is 1. The molecule has 0 radical (unpaired) electrons. The SMILES string of the molecule is C=C(N)/C(C)=N\CC. The van der Waals surface area contributed by atoms with E-state index >= 15 is 0 Å². The molecule has 0 bridgehead atoms. The quantitative estimate of drug-likeness (QED) is 0.530. The third kappa shape index (κ3) is 2.39. The molecule has 46 valence electrons. The van der Waals surface area contributed by atoms with E-state index in [4.69, 9.17) is 5.73 Å². The van der Waals surface area contributed by atoms with Crippen molar-refractivity contribution in [1.29, 1.82) is 0 Å². The van der Waals surface area contributed by atoms with E-state index in [2.05, 4.69) is 11.6 Å². The maximum atomic E-state index is 5.30. The summed E-state index contributed by atoms with van der Waals surface area (Å²) in [5.74, 6) is 0. The molecule has 0 spiro atoms. The molecule has 0 aliphatic heterocycles. The van der Waals surface area contributed by atoms with Crippen LogP contribution in [0.25, 0.3) is 0 Å². The zero-order valence-corrected chi connectivity index (χ0v) is 5.44. The number of allylic oxidation sites excluding steroid dienone is 1. The van der Waals surface area contributed by atoms with Crippen molar-refractivity contribution in [3.05, 3.63) is 12.3 Å². The second-order valence-electron chi connectivity index (χ2n) is 1.58. The van der Waals surface area contributed by atoms with Crippen molar-refractivity contribution in [2.75, 3.05) is 6.54 Å². The lowest BCUT2D eigenvalue weighted by atomic mass is 10.3. The molecule has 0 aliphatic carbocycles. The van der Waals surface area contributed by atoms with Crippen LogP contribution in [-0.4, -0.2) is 12.3 Å². The fraction of sp³-hybridized carbons (Fsp3) is 0.500. The van der Waals surface area contributed by atoms with Crippen LogP contribution in [0.4, 0.5) is 0 Å². The molecule has 2 heteroatoms. The molecule has 0 aliphatic rings. The Hall–Kier alpha value is -0.790. The minimum absolute atomic E-state index is 0.562. The van der Waals surface area contributed by atoms with E-state index in [1.54, 1.807) is 0 Å². The van der Waals surface area contributed by atoms with Gasteiger partial charge < -0.3 is 5.73 Å². The lowest BCUT2D eigenvalue weighted by Gasteiger charge is -1.93. The lowest BCUT2D eigenvalue weighted by Crippen LogP contribution is -2.05. The minimum Gasteiger partial charge on any atom is -0.398 e. The van der Waals surface area contributed by atoms with Crippen molar-refractivity contribution in [3.8, 4) is 0 Å². The van der Waals surface area contributed by atoms with E-state index in [1.165, 1.54) is 0 Å². The van der Waals surface area contributed by atoms with E-state index in [0.29, 0.717) is 5.70 Å². The third-order valence-corrected chi connectivity index (χ3v) is 0.860. The highest BCUT2D eigenvalue weighted by Gasteiger charge is 1.86. The third-order valence-electron chi connectivity index (χ3n) is 0.860. The number of nitrogens with zero attached hydrogens (tertiary/aromatic N) is 1. The van der Waals surface area contributed by atoms with Crippen molar-refractivity contribution < 1.29 is 0 Å². The molecule has 2 nitrogen and oxygen atoms in total. The van der Waals surface area contributed by atoms with Gasteiger partial charge in [0.25, 0.3) is 0 Å². The van der Waals surface area contributed by atoms with Gasteiger partial charge in [0, 0.05) is 12.2 Å². The number of nitrogens with two attached hydrogens (primary N) is 1. The average molecular weight is 112 g/mol. The van der Waals surface area contributed by atoms with Crippen molar-refractivity contribution in [2.24, 2.45) is 10.7 Å². The van der Waals surface area contributed by atoms with Crippen LogP contribution < -0.4 is 5.73 Å². The zero-order valence-electron chi connectivity index (χ0n) is 5.44. The van der Waals surface area contributed by atoms with Gasteiger partial charge in [-0.2, -0.15) is 0 Å². The van der Waals surface area contributed by atoms with E-state index < -0.39 is 0 Å². The van der Waals surface area contributed by atoms with Crippen molar-refractivity contribution >= 4 is 5.71 Å². The van der Waals surface area contributed by atoms with Gasteiger partial charge in [0.1, 0.15) is 0 Å². The Morgan fingerprint density at radius 3 is 2.38 bits per heavy atom. The first kappa shape index (κ1) is 7.21. The molecule has 0 heterocycles. The van der Waals surface area contributed by atoms with Crippen LogP contribution >= 0.6 is 0 Å². The van der Waals surface area contributed by atoms with Gasteiger partial charge >= 0.3 is 0 Å². The van der Waals surface area contributed by atoms with Crippen molar-refractivity contribution in [3.63, 3.8) is 0 Å². The normalized spacial score (nSPS) is 11.5. The Morgan fingerprint density at radius 1 is 1.75 bits per heavy atom. The molecule has 8 heavy (non-hydrogen) atoms. The number of hydrogen-bond donors (Lipinski definition) is 1. The fourth-order valence-electron chi connectivity index (χ4n) is 0.339. The molecule has 0 atom stereocenters.